The Morgan fingerprint density at radius 1 is 1.19 bits per heavy atom. The average molecular weight is 374 g/mol. The molecule has 2 atom stereocenters. The van der Waals surface area contributed by atoms with Crippen molar-refractivity contribution in [3.05, 3.63) is 23.2 Å². The molecule has 2 bridgehead atoms. The van der Waals surface area contributed by atoms with E-state index in [-0.39, 0.29) is 5.41 Å². The van der Waals surface area contributed by atoms with Crippen LogP contribution in [0.2, 0.25) is 0 Å². The van der Waals surface area contributed by atoms with Gasteiger partial charge in [0.25, 0.3) is 5.91 Å². The Kier molecular flexibility index (Phi) is 5.10. The maximum Gasteiger partial charge on any atom is 0.284 e. The maximum atomic E-state index is 11.6. The number of piperidine rings is 1. The maximum absolute atomic E-state index is 11.6. The fraction of sp³-hybridized carbons (Fsp3) is 0.773. The van der Waals surface area contributed by atoms with Crippen LogP contribution in [0.25, 0.3) is 0 Å². The van der Waals surface area contributed by atoms with Gasteiger partial charge in [0.2, 0.25) is 0 Å². The lowest BCUT2D eigenvalue weighted by Crippen LogP contribution is -2.46. The van der Waals surface area contributed by atoms with Crippen molar-refractivity contribution in [2.45, 2.75) is 70.9 Å². The molecule has 1 aliphatic carbocycles. The number of rotatable bonds is 5. The lowest BCUT2D eigenvalue weighted by molar-refractivity contribution is 0.0890. The quantitative estimate of drug-likeness (QED) is 0.859. The van der Waals surface area contributed by atoms with Gasteiger partial charge in [0.1, 0.15) is 5.76 Å². The van der Waals surface area contributed by atoms with Crippen molar-refractivity contribution in [2.75, 3.05) is 26.2 Å². The molecule has 4 fully saturated rings. The normalized spacial score (nSPS) is 27.5. The largest absolute Gasteiger partial charge is 0.455 e. The Bertz CT molecular complexity index is 686. The molecule has 1 aromatic heterocycles. The van der Waals surface area contributed by atoms with Gasteiger partial charge in [0, 0.05) is 49.7 Å². The Balaban J connectivity index is 1.49. The van der Waals surface area contributed by atoms with Gasteiger partial charge < -0.3 is 10.2 Å². The van der Waals surface area contributed by atoms with Gasteiger partial charge in [-0.05, 0) is 43.6 Å². The predicted molar refractivity (Wildman–Crippen MR) is 107 cm³/mol. The topological polar surface area (TPSA) is 62.7 Å². The molecule has 5 rings (SSSR count). The highest BCUT2D eigenvalue weighted by molar-refractivity contribution is 5.90. The fourth-order valence-electron chi connectivity index (χ4n) is 5.18. The molecule has 4 aliphatic rings. The molecule has 150 valence electrons. The van der Waals surface area contributed by atoms with Crippen molar-refractivity contribution < 1.29 is 9.21 Å². The minimum absolute atomic E-state index is 0.135. The molecule has 0 aromatic carbocycles. The van der Waals surface area contributed by atoms with E-state index in [2.05, 4.69) is 30.6 Å². The molecular formula is C22H35N3O2. The van der Waals surface area contributed by atoms with Gasteiger partial charge in [0.05, 0.1) is 0 Å². The van der Waals surface area contributed by atoms with Crippen molar-refractivity contribution in [3.8, 4) is 0 Å². The van der Waals surface area contributed by atoms with Gasteiger partial charge >= 0.3 is 0 Å². The molecule has 0 spiro atoms. The highest BCUT2D eigenvalue weighted by Crippen LogP contribution is 2.35. The second kappa shape index (κ2) is 7.25. The highest BCUT2D eigenvalue weighted by atomic mass is 16.4. The lowest BCUT2D eigenvalue weighted by atomic mass is 9.83. The SMILES string of the molecule is CC(C)(C)c1oc(C(N)=O)cc1CN1C[C@H]2CC[C@@H](C1)N(CC1CCC1)C2. The second-order valence-electron chi connectivity index (χ2n) is 10.1. The molecule has 4 heterocycles. The zero-order valence-corrected chi connectivity index (χ0v) is 17.2. The summed E-state index contributed by atoms with van der Waals surface area (Å²) in [6, 6.07) is 2.56. The van der Waals surface area contributed by atoms with Gasteiger partial charge in [-0.15, -0.1) is 0 Å². The first-order valence-electron chi connectivity index (χ1n) is 10.7. The summed E-state index contributed by atoms with van der Waals surface area (Å²) in [7, 11) is 0. The van der Waals surface area contributed by atoms with E-state index in [4.69, 9.17) is 10.2 Å². The fourth-order valence-corrected chi connectivity index (χ4v) is 5.18. The molecule has 5 nitrogen and oxygen atoms in total. The summed E-state index contributed by atoms with van der Waals surface area (Å²) < 4.78 is 5.87. The van der Waals surface area contributed by atoms with Gasteiger partial charge in [-0.3, -0.25) is 14.6 Å². The Morgan fingerprint density at radius 2 is 1.96 bits per heavy atom. The van der Waals surface area contributed by atoms with Crippen molar-refractivity contribution in [1.82, 2.24) is 9.80 Å². The number of carbonyl (C=O) groups excluding carboxylic acids is 1. The van der Waals surface area contributed by atoms with Gasteiger partial charge in [0.15, 0.2) is 5.76 Å². The van der Waals surface area contributed by atoms with Crippen molar-refractivity contribution in [2.24, 2.45) is 17.6 Å². The Hall–Kier alpha value is -1.33. The molecule has 5 heteroatoms. The van der Waals surface area contributed by atoms with Crippen molar-refractivity contribution in [3.63, 3.8) is 0 Å². The van der Waals surface area contributed by atoms with E-state index in [1.165, 1.54) is 45.2 Å². The predicted octanol–water partition coefficient (Wildman–Crippen LogP) is 3.37. The van der Waals surface area contributed by atoms with Crippen LogP contribution in [0.15, 0.2) is 10.5 Å². The van der Waals surface area contributed by atoms with E-state index in [0.29, 0.717) is 11.8 Å². The zero-order chi connectivity index (χ0) is 19.2. The van der Waals surface area contributed by atoms with Crippen LogP contribution in [0.5, 0.6) is 0 Å². The first kappa shape index (κ1) is 19.0. The molecular weight excluding hydrogens is 338 g/mol. The van der Waals surface area contributed by atoms with E-state index in [1.807, 2.05) is 6.07 Å². The number of nitrogens with two attached hydrogens (primary N) is 1. The lowest BCUT2D eigenvalue weighted by Gasteiger charge is -2.40. The number of amides is 1. The van der Waals surface area contributed by atoms with E-state index in [1.54, 1.807) is 0 Å². The zero-order valence-electron chi connectivity index (χ0n) is 17.2. The number of carbonyl (C=O) groups is 1. The number of hydrogen-bond donors (Lipinski definition) is 1. The number of furan rings is 1. The van der Waals surface area contributed by atoms with E-state index < -0.39 is 5.91 Å². The van der Waals surface area contributed by atoms with Crippen molar-refractivity contribution in [1.29, 1.82) is 0 Å². The third kappa shape index (κ3) is 4.09. The summed E-state index contributed by atoms with van der Waals surface area (Å²) in [6.07, 6.45) is 6.97. The summed E-state index contributed by atoms with van der Waals surface area (Å²) in [4.78, 5) is 17.0. The molecule has 2 N–H and O–H groups in total. The van der Waals surface area contributed by atoms with Gasteiger partial charge in [-0.2, -0.15) is 0 Å². The Labute approximate surface area is 163 Å². The van der Waals surface area contributed by atoms with Gasteiger partial charge in [-0.25, -0.2) is 0 Å². The van der Waals surface area contributed by atoms with Crippen LogP contribution >= 0.6 is 0 Å². The molecule has 0 radical (unpaired) electrons. The van der Waals surface area contributed by atoms with Crippen LogP contribution in [-0.4, -0.2) is 47.9 Å². The molecule has 3 aliphatic heterocycles. The third-order valence-corrected chi connectivity index (χ3v) is 6.75. The van der Waals surface area contributed by atoms with Crippen molar-refractivity contribution >= 4 is 5.91 Å². The number of fused-ring (bicyclic) bond motifs is 4. The first-order valence-corrected chi connectivity index (χ1v) is 10.7. The van der Waals surface area contributed by atoms with Crippen LogP contribution in [0.1, 0.15) is 74.8 Å². The second-order valence-corrected chi connectivity index (χ2v) is 10.1. The molecule has 27 heavy (non-hydrogen) atoms. The summed E-state index contributed by atoms with van der Waals surface area (Å²) in [5, 5.41) is 0. The first-order chi connectivity index (χ1) is 12.8. The molecule has 1 aromatic rings. The van der Waals surface area contributed by atoms with Crippen LogP contribution < -0.4 is 5.73 Å². The number of hydrogen-bond acceptors (Lipinski definition) is 4. The van der Waals surface area contributed by atoms with E-state index in [0.717, 1.165) is 42.8 Å². The summed E-state index contributed by atoms with van der Waals surface area (Å²) in [5.74, 6) is 2.43. The van der Waals surface area contributed by atoms with E-state index in [9.17, 15) is 4.79 Å². The van der Waals surface area contributed by atoms with Gasteiger partial charge in [-0.1, -0.05) is 27.2 Å². The van der Waals surface area contributed by atoms with Crippen LogP contribution in [0, 0.1) is 11.8 Å². The summed E-state index contributed by atoms with van der Waals surface area (Å²) >= 11 is 0. The number of primary amides is 1. The van der Waals surface area contributed by atoms with Crippen LogP contribution in [-0.2, 0) is 12.0 Å². The average Bonchev–Trinajstić information content (AvgIpc) is 2.79. The molecule has 0 unspecified atom stereocenters. The van der Waals surface area contributed by atoms with Crippen LogP contribution in [0.4, 0.5) is 0 Å². The van der Waals surface area contributed by atoms with E-state index >= 15 is 0 Å². The molecule has 1 amide bonds. The standard InChI is InChI=1S/C22H35N3O2/c1-22(2,3)20-17(9-19(27-20)21(23)26)13-24-10-16-7-8-18(14-24)25(12-16)11-15-5-4-6-15/h9,15-16,18H,4-8,10-14H2,1-3H3,(H2,23,26)/t16-,18+/m1/s1. The third-order valence-electron chi connectivity index (χ3n) is 6.75. The minimum atomic E-state index is -0.477. The smallest absolute Gasteiger partial charge is 0.284 e. The number of nitrogens with zero attached hydrogens (tertiary/aromatic N) is 2. The summed E-state index contributed by atoms with van der Waals surface area (Å²) in [6.45, 7) is 12.1. The highest BCUT2D eigenvalue weighted by Gasteiger charge is 2.37. The van der Waals surface area contributed by atoms with Crippen LogP contribution in [0.3, 0.4) is 0 Å². The molecule has 1 saturated carbocycles. The monoisotopic (exact) mass is 373 g/mol. The minimum Gasteiger partial charge on any atom is -0.455 e. The molecule has 3 saturated heterocycles. The Morgan fingerprint density at radius 3 is 2.59 bits per heavy atom. The summed E-state index contributed by atoms with van der Waals surface area (Å²) in [5.41, 5.74) is 6.47.